The third-order valence-corrected chi connectivity index (χ3v) is 2.80. The number of aryl methyl sites for hydroxylation is 2. The van der Waals surface area contributed by atoms with Gasteiger partial charge in [-0.25, -0.2) is 4.39 Å². The van der Waals surface area contributed by atoms with Gasteiger partial charge in [-0.2, -0.15) is 5.10 Å². The molecule has 0 unspecified atom stereocenters. The van der Waals surface area contributed by atoms with E-state index in [0.717, 1.165) is 37.3 Å². The Bertz CT molecular complexity index is 493. The third-order valence-electron chi connectivity index (χ3n) is 2.80. The second-order valence-corrected chi connectivity index (χ2v) is 4.22. The molecule has 4 heteroatoms. The molecule has 0 spiro atoms. The molecule has 0 atom stereocenters. The van der Waals surface area contributed by atoms with Gasteiger partial charge in [0.25, 0.3) is 0 Å². The van der Waals surface area contributed by atoms with Crippen LogP contribution in [0.3, 0.4) is 0 Å². The van der Waals surface area contributed by atoms with Crippen molar-refractivity contribution < 1.29 is 4.39 Å². The highest BCUT2D eigenvalue weighted by atomic mass is 19.1. The highest BCUT2D eigenvalue weighted by Crippen LogP contribution is 2.07. The van der Waals surface area contributed by atoms with Crippen molar-refractivity contribution in [2.75, 3.05) is 11.9 Å². The maximum atomic E-state index is 13.0. The molecule has 1 heterocycles. The number of anilines is 1. The van der Waals surface area contributed by atoms with Crippen LogP contribution in [0.2, 0.25) is 0 Å². The summed E-state index contributed by atoms with van der Waals surface area (Å²) in [5.41, 5.74) is 1.04. The third kappa shape index (κ3) is 3.58. The van der Waals surface area contributed by atoms with Gasteiger partial charge in [-0.3, -0.25) is 4.68 Å². The van der Waals surface area contributed by atoms with E-state index in [1.807, 2.05) is 23.0 Å². The molecule has 0 saturated carbocycles. The van der Waals surface area contributed by atoms with Crippen LogP contribution in [0, 0.1) is 5.82 Å². The Morgan fingerprint density at radius 1 is 1.33 bits per heavy atom. The van der Waals surface area contributed by atoms with Crippen LogP contribution >= 0.6 is 0 Å². The number of nitrogens with zero attached hydrogens (tertiary/aromatic N) is 2. The molecule has 1 aromatic carbocycles. The molecule has 0 aliphatic rings. The van der Waals surface area contributed by atoms with Crippen molar-refractivity contribution in [3.05, 3.63) is 47.9 Å². The molecule has 3 nitrogen and oxygen atoms in total. The summed E-state index contributed by atoms with van der Waals surface area (Å²) in [5, 5.41) is 7.59. The van der Waals surface area contributed by atoms with E-state index in [1.165, 1.54) is 6.07 Å². The van der Waals surface area contributed by atoms with Crippen LogP contribution in [0.5, 0.6) is 0 Å². The minimum absolute atomic E-state index is 0.165. The van der Waals surface area contributed by atoms with Gasteiger partial charge in [-0.05, 0) is 37.5 Å². The lowest BCUT2D eigenvalue weighted by Gasteiger charge is -2.03. The maximum Gasteiger partial charge on any atom is 0.147 e. The van der Waals surface area contributed by atoms with Gasteiger partial charge in [-0.1, -0.05) is 12.1 Å². The lowest BCUT2D eigenvalue weighted by Crippen LogP contribution is -2.04. The van der Waals surface area contributed by atoms with Crippen LogP contribution in [0.15, 0.2) is 36.5 Å². The van der Waals surface area contributed by atoms with Gasteiger partial charge in [0.05, 0.1) is 0 Å². The minimum atomic E-state index is -0.165. The highest BCUT2D eigenvalue weighted by molar-refractivity contribution is 5.31. The number of hydrogen-bond acceptors (Lipinski definition) is 2. The highest BCUT2D eigenvalue weighted by Gasteiger charge is 1.98. The van der Waals surface area contributed by atoms with Crippen molar-refractivity contribution >= 4 is 5.82 Å². The van der Waals surface area contributed by atoms with E-state index < -0.39 is 0 Å². The summed E-state index contributed by atoms with van der Waals surface area (Å²) >= 11 is 0. The Balaban J connectivity index is 1.72. The summed E-state index contributed by atoms with van der Waals surface area (Å²) in [6.07, 6.45) is 3.79. The molecule has 0 aliphatic carbocycles. The Labute approximate surface area is 107 Å². The van der Waals surface area contributed by atoms with Crippen LogP contribution in [0.4, 0.5) is 10.2 Å². The van der Waals surface area contributed by atoms with E-state index in [0.29, 0.717) is 0 Å². The fourth-order valence-electron chi connectivity index (χ4n) is 1.83. The summed E-state index contributed by atoms with van der Waals surface area (Å²) in [7, 11) is 0. The first-order valence-electron chi connectivity index (χ1n) is 6.29. The fraction of sp³-hybridized carbons (Fsp3) is 0.357. The molecule has 0 amide bonds. The van der Waals surface area contributed by atoms with Crippen molar-refractivity contribution in [2.24, 2.45) is 0 Å². The van der Waals surface area contributed by atoms with Gasteiger partial charge in [-0.15, -0.1) is 0 Å². The number of nitrogens with one attached hydrogen (secondary N) is 1. The lowest BCUT2D eigenvalue weighted by molar-refractivity contribution is 0.624. The SMILES string of the molecule is CCn1ccc(NCCCc2cccc(F)c2)n1. The lowest BCUT2D eigenvalue weighted by atomic mass is 10.1. The number of aromatic nitrogens is 2. The Hall–Kier alpha value is -1.84. The molecule has 2 aromatic rings. The Morgan fingerprint density at radius 3 is 2.94 bits per heavy atom. The smallest absolute Gasteiger partial charge is 0.147 e. The van der Waals surface area contributed by atoms with Crippen LogP contribution < -0.4 is 5.32 Å². The Kier molecular flexibility index (Phi) is 4.34. The first kappa shape index (κ1) is 12.6. The summed E-state index contributed by atoms with van der Waals surface area (Å²) < 4.78 is 14.8. The number of halogens is 1. The average Bonchev–Trinajstić information content (AvgIpc) is 2.83. The molecule has 0 radical (unpaired) electrons. The molecule has 2 rings (SSSR count). The van der Waals surface area contributed by atoms with Crippen LogP contribution in [0.25, 0.3) is 0 Å². The van der Waals surface area contributed by atoms with Gasteiger partial charge >= 0.3 is 0 Å². The standard InChI is InChI=1S/C14H18FN3/c1-2-18-10-8-14(17-18)16-9-4-6-12-5-3-7-13(15)11-12/h3,5,7-8,10-11H,2,4,6,9H2,1H3,(H,16,17). The van der Waals surface area contributed by atoms with Crippen molar-refractivity contribution in [3.63, 3.8) is 0 Å². The number of benzene rings is 1. The van der Waals surface area contributed by atoms with Crippen molar-refractivity contribution in [2.45, 2.75) is 26.3 Å². The van der Waals surface area contributed by atoms with Crippen LogP contribution in [0.1, 0.15) is 18.9 Å². The fourth-order valence-corrected chi connectivity index (χ4v) is 1.83. The predicted octanol–water partition coefficient (Wildman–Crippen LogP) is 3.09. The quantitative estimate of drug-likeness (QED) is 0.795. The first-order valence-corrected chi connectivity index (χ1v) is 6.29. The van der Waals surface area contributed by atoms with E-state index in [2.05, 4.69) is 17.3 Å². The molecule has 1 aromatic heterocycles. The Morgan fingerprint density at radius 2 is 2.22 bits per heavy atom. The van der Waals surface area contributed by atoms with Crippen molar-refractivity contribution in [1.29, 1.82) is 0 Å². The minimum Gasteiger partial charge on any atom is -0.369 e. The maximum absolute atomic E-state index is 13.0. The monoisotopic (exact) mass is 247 g/mol. The van der Waals surface area contributed by atoms with E-state index in [4.69, 9.17) is 0 Å². The number of hydrogen-bond donors (Lipinski definition) is 1. The second-order valence-electron chi connectivity index (χ2n) is 4.22. The molecule has 96 valence electrons. The van der Waals surface area contributed by atoms with Gasteiger partial charge in [0, 0.05) is 25.4 Å². The summed E-state index contributed by atoms with van der Waals surface area (Å²) in [5.74, 6) is 0.734. The van der Waals surface area contributed by atoms with Crippen LogP contribution in [-0.4, -0.2) is 16.3 Å². The number of rotatable bonds is 6. The van der Waals surface area contributed by atoms with E-state index in [-0.39, 0.29) is 5.82 Å². The van der Waals surface area contributed by atoms with E-state index in [1.54, 1.807) is 12.1 Å². The summed E-state index contributed by atoms with van der Waals surface area (Å²) in [6.45, 7) is 3.78. The molecular weight excluding hydrogens is 229 g/mol. The molecule has 1 N–H and O–H groups in total. The second kappa shape index (κ2) is 6.19. The van der Waals surface area contributed by atoms with E-state index >= 15 is 0 Å². The van der Waals surface area contributed by atoms with Gasteiger partial charge in [0.1, 0.15) is 11.6 Å². The molecule has 0 saturated heterocycles. The molecule has 0 fully saturated rings. The largest absolute Gasteiger partial charge is 0.369 e. The van der Waals surface area contributed by atoms with Crippen molar-refractivity contribution in [3.8, 4) is 0 Å². The van der Waals surface area contributed by atoms with Gasteiger partial charge < -0.3 is 5.32 Å². The summed E-state index contributed by atoms with van der Waals surface area (Å²) in [6, 6.07) is 8.73. The average molecular weight is 247 g/mol. The zero-order valence-corrected chi connectivity index (χ0v) is 10.6. The summed E-state index contributed by atoms with van der Waals surface area (Å²) in [4.78, 5) is 0. The van der Waals surface area contributed by atoms with Crippen LogP contribution in [-0.2, 0) is 13.0 Å². The molecule has 0 bridgehead atoms. The van der Waals surface area contributed by atoms with Gasteiger partial charge in [0.15, 0.2) is 0 Å². The molecule has 18 heavy (non-hydrogen) atoms. The van der Waals surface area contributed by atoms with E-state index in [9.17, 15) is 4.39 Å². The molecular formula is C14H18FN3. The van der Waals surface area contributed by atoms with Gasteiger partial charge in [0.2, 0.25) is 0 Å². The van der Waals surface area contributed by atoms with Crippen molar-refractivity contribution in [1.82, 2.24) is 9.78 Å². The normalized spacial score (nSPS) is 10.6. The zero-order valence-electron chi connectivity index (χ0n) is 10.6. The first-order chi connectivity index (χ1) is 8.78. The zero-order chi connectivity index (χ0) is 12.8. The molecule has 0 aliphatic heterocycles. The topological polar surface area (TPSA) is 29.9 Å². The predicted molar refractivity (Wildman–Crippen MR) is 71.1 cm³/mol.